The van der Waals surface area contributed by atoms with Gasteiger partial charge in [0.25, 0.3) is 0 Å². The lowest BCUT2D eigenvalue weighted by atomic mass is 9.46. The fourth-order valence-electron chi connectivity index (χ4n) is 8.73. The van der Waals surface area contributed by atoms with Crippen molar-refractivity contribution in [3.05, 3.63) is 11.6 Å². The molecule has 4 aliphatic rings. The average molecular weight is 419 g/mol. The van der Waals surface area contributed by atoms with E-state index < -0.39 is 0 Å². The summed E-state index contributed by atoms with van der Waals surface area (Å²) < 4.78 is 0. The molecule has 2 N–H and O–H groups in total. The number of hydrogen-bond acceptors (Lipinski definition) is 3. The maximum absolute atomic E-state index is 10.3. The smallest absolute Gasteiger partial charge is 0.114 e. The van der Waals surface area contributed by atoms with E-state index in [0.29, 0.717) is 23.2 Å². The maximum Gasteiger partial charge on any atom is 0.114 e. The van der Waals surface area contributed by atoms with Crippen LogP contribution in [-0.4, -0.2) is 22.6 Å². The first-order valence-corrected chi connectivity index (χ1v) is 12.9. The van der Waals surface area contributed by atoms with Gasteiger partial charge >= 0.3 is 0 Å². The lowest BCUT2D eigenvalue weighted by Gasteiger charge is -2.59. The first-order valence-electron chi connectivity index (χ1n) is 12.9. The molecule has 0 aliphatic heterocycles. The van der Waals surface area contributed by atoms with Gasteiger partial charge in [0.05, 0.1) is 6.10 Å². The molecular formula is C27H46O3. The maximum atomic E-state index is 10.3. The molecule has 172 valence electrons. The van der Waals surface area contributed by atoms with Crippen molar-refractivity contribution in [2.24, 2.45) is 46.3 Å². The van der Waals surface area contributed by atoms with Gasteiger partial charge in [-0.2, -0.15) is 0 Å². The minimum Gasteiger partial charge on any atom is -0.393 e. The highest BCUT2D eigenvalue weighted by Crippen LogP contribution is 2.67. The van der Waals surface area contributed by atoms with Crippen LogP contribution in [0.2, 0.25) is 0 Å². The van der Waals surface area contributed by atoms with Gasteiger partial charge in [0, 0.05) is 0 Å². The molecule has 0 amide bonds. The highest BCUT2D eigenvalue weighted by atomic mass is 17.1. The predicted molar refractivity (Wildman–Crippen MR) is 122 cm³/mol. The van der Waals surface area contributed by atoms with Gasteiger partial charge in [-0.1, -0.05) is 65.5 Å². The van der Waals surface area contributed by atoms with Gasteiger partial charge in [-0.3, -0.25) is 5.26 Å². The Morgan fingerprint density at radius 2 is 1.80 bits per heavy atom. The first-order chi connectivity index (χ1) is 14.2. The molecule has 0 aromatic rings. The fourth-order valence-corrected chi connectivity index (χ4v) is 8.73. The predicted octanol–water partition coefficient (Wildman–Crippen LogP) is 6.86. The lowest BCUT2D eigenvalue weighted by Crippen LogP contribution is -2.55. The third-order valence-corrected chi connectivity index (χ3v) is 10.4. The largest absolute Gasteiger partial charge is 0.393 e. The Kier molecular flexibility index (Phi) is 6.48. The molecule has 0 aromatic heterocycles. The van der Waals surface area contributed by atoms with Gasteiger partial charge in [0.1, 0.15) is 6.10 Å². The number of hydrogen-bond donors (Lipinski definition) is 2. The third-order valence-electron chi connectivity index (χ3n) is 10.4. The van der Waals surface area contributed by atoms with E-state index in [1.54, 1.807) is 0 Å². The number of aliphatic hydroxyl groups is 1. The summed E-state index contributed by atoms with van der Waals surface area (Å²) in [6.07, 6.45) is 13.8. The molecule has 0 aromatic carbocycles. The molecule has 0 radical (unpaired) electrons. The molecule has 4 rings (SSSR count). The Hall–Kier alpha value is -0.380. The van der Waals surface area contributed by atoms with E-state index in [1.807, 2.05) is 0 Å². The highest BCUT2D eigenvalue weighted by molar-refractivity contribution is 5.28. The molecule has 0 saturated heterocycles. The van der Waals surface area contributed by atoms with Crippen LogP contribution in [0, 0.1) is 46.3 Å². The minimum atomic E-state index is -0.225. The number of aliphatic hydroxyl groups excluding tert-OH is 1. The second-order valence-electron chi connectivity index (χ2n) is 12.4. The number of fused-ring (bicyclic) bond motifs is 5. The Balaban J connectivity index is 1.56. The first kappa shape index (κ1) is 22.8. The molecule has 0 bridgehead atoms. The van der Waals surface area contributed by atoms with Crippen molar-refractivity contribution in [3.8, 4) is 0 Å². The summed E-state index contributed by atoms with van der Waals surface area (Å²) in [7, 11) is 0. The zero-order valence-corrected chi connectivity index (χ0v) is 20.1. The van der Waals surface area contributed by atoms with Crippen LogP contribution in [0.3, 0.4) is 0 Å². The molecule has 0 unspecified atom stereocenters. The van der Waals surface area contributed by atoms with Crippen LogP contribution in [0.15, 0.2) is 11.6 Å². The Morgan fingerprint density at radius 1 is 1.03 bits per heavy atom. The number of rotatable bonds is 6. The normalized spacial score (nSPS) is 46.7. The summed E-state index contributed by atoms with van der Waals surface area (Å²) in [6, 6.07) is 0. The van der Waals surface area contributed by atoms with Crippen molar-refractivity contribution in [2.75, 3.05) is 0 Å². The van der Waals surface area contributed by atoms with Crippen molar-refractivity contribution in [3.63, 3.8) is 0 Å². The SMILES string of the molecule is CC(C)CCC[C@@H](C)[C@H]1CC[C@H]2[C@@H]3[C@H](OO)C=C4C[C@@H](O)CC[C@]4(C)[C@H]3CC[C@]12C. The second kappa shape index (κ2) is 8.52. The molecule has 9 atom stereocenters. The molecule has 30 heavy (non-hydrogen) atoms. The standard InChI is InChI=1S/C27H46O3/c1-17(2)7-6-8-18(3)21-9-10-22-25-23(12-14-27(21,22)5)26(4)13-11-20(28)15-19(26)16-24(25)30-29/h16-18,20-25,28-29H,6-15H2,1-5H3/t18-,20+,21-,22+,23+,24-,25+,26+,27-/m1/s1. The highest BCUT2D eigenvalue weighted by Gasteiger charge is 2.61. The van der Waals surface area contributed by atoms with Crippen LogP contribution >= 0.6 is 0 Å². The zero-order chi connectivity index (χ0) is 21.7. The van der Waals surface area contributed by atoms with Crippen LogP contribution in [0.1, 0.15) is 98.8 Å². The third kappa shape index (κ3) is 3.71. The van der Waals surface area contributed by atoms with E-state index in [0.717, 1.165) is 37.0 Å². The van der Waals surface area contributed by atoms with Gasteiger partial charge in [-0.25, -0.2) is 4.89 Å². The summed E-state index contributed by atoms with van der Waals surface area (Å²) in [5.41, 5.74) is 1.91. The molecule has 3 heteroatoms. The van der Waals surface area contributed by atoms with Gasteiger partial charge in [-0.05, 0) is 91.3 Å². The molecular weight excluding hydrogens is 372 g/mol. The van der Waals surface area contributed by atoms with Crippen molar-refractivity contribution in [2.45, 2.75) is 111 Å². The van der Waals surface area contributed by atoms with E-state index in [4.69, 9.17) is 4.89 Å². The van der Waals surface area contributed by atoms with E-state index in [9.17, 15) is 10.4 Å². The quantitative estimate of drug-likeness (QED) is 0.281. The van der Waals surface area contributed by atoms with E-state index in [2.05, 4.69) is 40.7 Å². The fraction of sp³-hybridized carbons (Fsp3) is 0.926. The Bertz CT molecular complexity index is 642. The van der Waals surface area contributed by atoms with E-state index in [1.165, 1.54) is 50.5 Å². The van der Waals surface area contributed by atoms with Crippen molar-refractivity contribution in [1.82, 2.24) is 0 Å². The molecule has 0 heterocycles. The van der Waals surface area contributed by atoms with Gasteiger partial charge in [0.2, 0.25) is 0 Å². The van der Waals surface area contributed by atoms with Gasteiger partial charge in [-0.15, -0.1) is 0 Å². The molecule has 3 saturated carbocycles. The second-order valence-corrected chi connectivity index (χ2v) is 12.4. The lowest BCUT2D eigenvalue weighted by molar-refractivity contribution is -0.296. The Labute approximate surface area is 184 Å². The van der Waals surface area contributed by atoms with Crippen LogP contribution < -0.4 is 0 Å². The van der Waals surface area contributed by atoms with Crippen LogP contribution in [-0.2, 0) is 4.89 Å². The summed E-state index contributed by atoms with van der Waals surface area (Å²) in [4.78, 5) is 5.17. The van der Waals surface area contributed by atoms with Crippen LogP contribution in [0.5, 0.6) is 0 Å². The van der Waals surface area contributed by atoms with Gasteiger partial charge in [0.15, 0.2) is 0 Å². The summed E-state index contributed by atoms with van der Waals surface area (Å²) in [6.45, 7) is 12.2. The van der Waals surface area contributed by atoms with E-state index >= 15 is 0 Å². The van der Waals surface area contributed by atoms with Gasteiger partial charge < -0.3 is 5.11 Å². The molecule has 3 nitrogen and oxygen atoms in total. The van der Waals surface area contributed by atoms with Crippen molar-refractivity contribution in [1.29, 1.82) is 0 Å². The molecule has 4 aliphatic carbocycles. The topological polar surface area (TPSA) is 49.7 Å². The molecule has 3 fully saturated rings. The Morgan fingerprint density at radius 3 is 2.50 bits per heavy atom. The molecule has 0 spiro atoms. The summed E-state index contributed by atoms with van der Waals surface area (Å²) >= 11 is 0. The summed E-state index contributed by atoms with van der Waals surface area (Å²) in [5, 5.41) is 20.2. The summed E-state index contributed by atoms with van der Waals surface area (Å²) in [5.74, 6) is 4.05. The van der Waals surface area contributed by atoms with Crippen LogP contribution in [0.25, 0.3) is 0 Å². The minimum absolute atomic E-state index is 0.182. The van der Waals surface area contributed by atoms with E-state index in [-0.39, 0.29) is 17.6 Å². The average Bonchev–Trinajstić information content (AvgIpc) is 3.05. The monoisotopic (exact) mass is 418 g/mol. The van der Waals surface area contributed by atoms with Crippen LogP contribution in [0.4, 0.5) is 0 Å². The van der Waals surface area contributed by atoms with Crippen molar-refractivity contribution < 1.29 is 15.3 Å². The van der Waals surface area contributed by atoms with Crippen molar-refractivity contribution >= 4 is 0 Å². The zero-order valence-electron chi connectivity index (χ0n) is 20.1.